The number of fused-ring (bicyclic) bond motifs is 1. The van der Waals surface area contributed by atoms with E-state index in [4.69, 9.17) is 0 Å². The van der Waals surface area contributed by atoms with E-state index in [1.807, 2.05) is 59.3 Å². The molecule has 0 atom stereocenters. The Labute approximate surface area is 144 Å². The van der Waals surface area contributed by atoms with Gasteiger partial charge in [0.2, 0.25) is 5.91 Å². The number of nitrogens with one attached hydrogen (secondary N) is 2. The SMILES string of the molecule is O=C(CCc1nc2ccccc2[nH]1)Nc1ccc(-n2ccnc2)cc1. The molecule has 2 aromatic carbocycles. The Kier molecular flexibility index (Phi) is 4.00. The number of carbonyl (C=O) groups is 1. The van der Waals surface area contributed by atoms with Gasteiger partial charge in [-0.15, -0.1) is 0 Å². The molecule has 0 radical (unpaired) electrons. The normalized spacial score (nSPS) is 10.9. The zero-order valence-corrected chi connectivity index (χ0v) is 13.5. The van der Waals surface area contributed by atoms with Crippen molar-refractivity contribution in [2.24, 2.45) is 0 Å². The lowest BCUT2D eigenvalue weighted by Gasteiger charge is -2.06. The third-order valence-corrected chi connectivity index (χ3v) is 3.98. The topological polar surface area (TPSA) is 75.6 Å². The van der Waals surface area contributed by atoms with Crippen molar-refractivity contribution in [1.29, 1.82) is 0 Å². The predicted molar refractivity (Wildman–Crippen MR) is 96.6 cm³/mol. The van der Waals surface area contributed by atoms with Crippen LogP contribution in [0.4, 0.5) is 5.69 Å². The molecular formula is C19H17N5O. The van der Waals surface area contributed by atoms with Crippen LogP contribution in [0.15, 0.2) is 67.3 Å². The monoisotopic (exact) mass is 331 g/mol. The van der Waals surface area contributed by atoms with E-state index in [0.29, 0.717) is 12.8 Å². The molecule has 0 saturated heterocycles. The van der Waals surface area contributed by atoms with E-state index in [9.17, 15) is 4.79 Å². The van der Waals surface area contributed by atoms with Gasteiger partial charge in [0.1, 0.15) is 5.82 Å². The number of aromatic nitrogens is 4. The van der Waals surface area contributed by atoms with Crippen LogP contribution in [0.1, 0.15) is 12.2 Å². The molecule has 2 heterocycles. The summed E-state index contributed by atoms with van der Waals surface area (Å²) in [4.78, 5) is 23.9. The molecule has 1 amide bonds. The minimum Gasteiger partial charge on any atom is -0.342 e. The fourth-order valence-electron chi connectivity index (χ4n) is 2.71. The van der Waals surface area contributed by atoms with E-state index >= 15 is 0 Å². The van der Waals surface area contributed by atoms with Crippen LogP contribution in [-0.4, -0.2) is 25.4 Å². The number of aromatic amines is 1. The van der Waals surface area contributed by atoms with Gasteiger partial charge >= 0.3 is 0 Å². The molecular weight excluding hydrogens is 314 g/mol. The van der Waals surface area contributed by atoms with E-state index in [-0.39, 0.29) is 5.91 Å². The Balaban J connectivity index is 1.35. The summed E-state index contributed by atoms with van der Waals surface area (Å²) in [6, 6.07) is 15.5. The van der Waals surface area contributed by atoms with Crippen molar-refractivity contribution >= 4 is 22.6 Å². The zero-order chi connectivity index (χ0) is 17.1. The summed E-state index contributed by atoms with van der Waals surface area (Å²) in [5, 5.41) is 2.91. The van der Waals surface area contributed by atoms with Crippen molar-refractivity contribution in [2.75, 3.05) is 5.32 Å². The highest BCUT2D eigenvalue weighted by atomic mass is 16.1. The van der Waals surface area contributed by atoms with Gasteiger partial charge in [0, 0.05) is 36.6 Å². The number of amides is 1. The number of benzene rings is 2. The van der Waals surface area contributed by atoms with Crippen molar-refractivity contribution in [3.8, 4) is 5.69 Å². The van der Waals surface area contributed by atoms with Crippen LogP contribution >= 0.6 is 0 Å². The average Bonchev–Trinajstić information content (AvgIpc) is 3.30. The minimum atomic E-state index is -0.0316. The second-order valence-corrected chi connectivity index (χ2v) is 5.77. The van der Waals surface area contributed by atoms with E-state index in [0.717, 1.165) is 28.2 Å². The maximum atomic E-state index is 12.1. The highest BCUT2D eigenvalue weighted by Crippen LogP contribution is 2.14. The maximum absolute atomic E-state index is 12.1. The Hall–Kier alpha value is -3.41. The summed E-state index contributed by atoms with van der Waals surface area (Å²) in [7, 11) is 0. The lowest BCUT2D eigenvalue weighted by Crippen LogP contribution is -2.12. The molecule has 0 aliphatic heterocycles. The van der Waals surface area contributed by atoms with Crippen LogP contribution in [0.25, 0.3) is 16.7 Å². The molecule has 0 aliphatic carbocycles. The number of hydrogen-bond acceptors (Lipinski definition) is 3. The number of anilines is 1. The Bertz CT molecular complexity index is 953. The number of imidazole rings is 2. The molecule has 25 heavy (non-hydrogen) atoms. The molecule has 0 unspecified atom stereocenters. The number of rotatable bonds is 5. The number of aryl methyl sites for hydroxylation is 1. The molecule has 4 aromatic rings. The lowest BCUT2D eigenvalue weighted by molar-refractivity contribution is -0.116. The second-order valence-electron chi connectivity index (χ2n) is 5.77. The predicted octanol–water partition coefficient (Wildman–Crippen LogP) is 3.32. The van der Waals surface area contributed by atoms with Gasteiger partial charge < -0.3 is 14.9 Å². The van der Waals surface area contributed by atoms with Gasteiger partial charge in [-0.1, -0.05) is 12.1 Å². The van der Waals surface area contributed by atoms with Gasteiger partial charge in [0.25, 0.3) is 0 Å². The molecule has 124 valence electrons. The van der Waals surface area contributed by atoms with Crippen molar-refractivity contribution < 1.29 is 4.79 Å². The van der Waals surface area contributed by atoms with E-state index in [2.05, 4.69) is 20.3 Å². The number of nitrogens with zero attached hydrogens (tertiary/aromatic N) is 3. The quantitative estimate of drug-likeness (QED) is 0.589. The number of carbonyl (C=O) groups excluding carboxylic acids is 1. The fraction of sp³-hybridized carbons (Fsp3) is 0.105. The molecule has 2 N–H and O–H groups in total. The van der Waals surface area contributed by atoms with E-state index < -0.39 is 0 Å². The molecule has 2 aromatic heterocycles. The van der Waals surface area contributed by atoms with Crippen LogP contribution in [-0.2, 0) is 11.2 Å². The summed E-state index contributed by atoms with van der Waals surface area (Å²) in [6.07, 6.45) is 6.30. The van der Waals surface area contributed by atoms with Gasteiger partial charge in [-0.2, -0.15) is 0 Å². The highest BCUT2D eigenvalue weighted by Gasteiger charge is 2.07. The van der Waals surface area contributed by atoms with Crippen molar-refractivity contribution in [3.63, 3.8) is 0 Å². The van der Waals surface area contributed by atoms with Crippen LogP contribution in [0.2, 0.25) is 0 Å². The molecule has 4 rings (SSSR count). The van der Waals surface area contributed by atoms with Gasteiger partial charge in [-0.25, -0.2) is 9.97 Å². The summed E-state index contributed by atoms with van der Waals surface area (Å²) >= 11 is 0. The molecule has 0 saturated carbocycles. The molecule has 0 bridgehead atoms. The van der Waals surface area contributed by atoms with Crippen LogP contribution in [0.3, 0.4) is 0 Å². The first-order chi connectivity index (χ1) is 12.3. The fourth-order valence-corrected chi connectivity index (χ4v) is 2.71. The first-order valence-electron chi connectivity index (χ1n) is 8.10. The highest BCUT2D eigenvalue weighted by molar-refractivity contribution is 5.90. The summed E-state index contributed by atoms with van der Waals surface area (Å²) in [5.41, 5.74) is 3.69. The van der Waals surface area contributed by atoms with Crippen LogP contribution < -0.4 is 5.32 Å². The molecule has 0 aliphatic rings. The standard InChI is InChI=1S/C19H17N5O/c25-19(10-9-18-22-16-3-1-2-4-17(16)23-18)21-14-5-7-15(8-6-14)24-12-11-20-13-24/h1-8,11-13H,9-10H2,(H,21,25)(H,22,23). The second kappa shape index (κ2) is 6.60. The molecule has 6 nitrogen and oxygen atoms in total. The van der Waals surface area contributed by atoms with E-state index in [1.54, 1.807) is 12.5 Å². The van der Waals surface area contributed by atoms with Crippen molar-refractivity contribution in [3.05, 3.63) is 73.1 Å². The summed E-state index contributed by atoms with van der Waals surface area (Å²) < 4.78 is 1.91. The van der Waals surface area contributed by atoms with E-state index in [1.165, 1.54) is 0 Å². The number of para-hydroxylation sites is 2. The van der Waals surface area contributed by atoms with Crippen molar-refractivity contribution in [1.82, 2.24) is 19.5 Å². The Morgan fingerprint density at radius 2 is 1.96 bits per heavy atom. The molecule has 6 heteroatoms. The minimum absolute atomic E-state index is 0.0316. The average molecular weight is 331 g/mol. The third kappa shape index (κ3) is 3.42. The van der Waals surface area contributed by atoms with Crippen LogP contribution in [0, 0.1) is 0 Å². The lowest BCUT2D eigenvalue weighted by atomic mass is 10.2. The summed E-state index contributed by atoms with van der Waals surface area (Å²) in [6.45, 7) is 0. The molecule has 0 fully saturated rings. The number of H-pyrrole nitrogens is 1. The van der Waals surface area contributed by atoms with Gasteiger partial charge in [-0.3, -0.25) is 4.79 Å². The van der Waals surface area contributed by atoms with Crippen LogP contribution in [0.5, 0.6) is 0 Å². The van der Waals surface area contributed by atoms with Gasteiger partial charge in [0.05, 0.1) is 17.4 Å². The largest absolute Gasteiger partial charge is 0.342 e. The maximum Gasteiger partial charge on any atom is 0.224 e. The number of hydrogen-bond donors (Lipinski definition) is 2. The first kappa shape index (κ1) is 15.1. The van der Waals surface area contributed by atoms with Gasteiger partial charge in [-0.05, 0) is 36.4 Å². The Morgan fingerprint density at radius 3 is 2.72 bits per heavy atom. The van der Waals surface area contributed by atoms with Gasteiger partial charge in [0.15, 0.2) is 0 Å². The summed E-state index contributed by atoms with van der Waals surface area (Å²) in [5.74, 6) is 0.794. The third-order valence-electron chi connectivity index (χ3n) is 3.98. The zero-order valence-electron chi connectivity index (χ0n) is 13.5. The Morgan fingerprint density at radius 1 is 1.12 bits per heavy atom. The smallest absolute Gasteiger partial charge is 0.224 e. The molecule has 0 spiro atoms. The van der Waals surface area contributed by atoms with Crippen molar-refractivity contribution in [2.45, 2.75) is 12.8 Å². The first-order valence-corrected chi connectivity index (χ1v) is 8.10.